The number of fused-ring (bicyclic) bond motifs is 1. The van der Waals surface area contributed by atoms with E-state index in [4.69, 9.17) is 4.74 Å². The molecule has 0 saturated heterocycles. The molecule has 0 bridgehead atoms. The van der Waals surface area contributed by atoms with Crippen LogP contribution in [0.4, 0.5) is 26.3 Å². The molecule has 0 spiro atoms. The molecule has 4 aromatic carbocycles. The van der Waals surface area contributed by atoms with E-state index in [-0.39, 0.29) is 41.7 Å². The van der Waals surface area contributed by atoms with Crippen LogP contribution < -0.4 is 4.74 Å². The highest BCUT2D eigenvalue weighted by molar-refractivity contribution is 5.84. The number of halogens is 6. The van der Waals surface area contributed by atoms with Crippen LogP contribution in [-0.4, -0.2) is 6.61 Å². The van der Waals surface area contributed by atoms with E-state index in [0.29, 0.717) is 10.9 Å². The number of hydrogen-bond acceptors (Lipinski definition) is 1. The molecular formula is C29H18F6O. The van der Waals surface area contributed by atoms with Crippen molar-refractivity contribution < 1.29 is 31.1 Å². The van der Waals surface area contributed by atoms with Gasteiger partial charge in [-0.05, 0) is 54.1 Å². The standard InChI is InChI=1S/C29H18F6O/c1-2-11-36-20-15-27(33)23(28(34)16-20)9-5-18-13-25(31)22(26(32)14-18)8-4-17-3-7-21-19(12-17)6-10-24(30)29(21)35/h2-3,6-7,10,12-16H,1,5,9,11H2. The molecule has 0 aliphatic rings. The average Bonchev–Trinajstić information content (AvgIpc) is 2.84. The molecule has 36 heavy (non-hydrogen) atoms. The molecule has 0 fully saturated rings. The SMILES string of the molecule is C=CCOc1cc(F)c(CCc2cc(F)c(C#Cc3ccc4c(F)c(F)ccc4c3)c(F)c2)c(F)c1. The van der Waals surface area contributed by atoms with Crippen LogP contribution >= 0.6 is 0 Å². The van der Waals surface area contributed by atoms with Gasteiger partial charge in [-0.2, -0.15) is 0 Å². The molecule has 0 aliphatic carbocycles. The second-order valence-electron chi connectivity index (χ2n) is 7.95. The van der Waals surface area contributed by atoms with E-state index in [2.05, 4.69) is 18.4 Å². The molecule has 0 amide bonds. The van der Waals surface area contributed by atoms with Gasteiger partial charge in [-0.3, -0.25) is 0 Å². The Labute approximate surface area is 203 Å². The van der Waals surface area contributed by atoms with E-state index >= 15 is 0 Å². The highest BCUT2D eigenvalue weighted by Gasteiger charge is 2.14. The molecule has 0 saturated carbocycles. The highest BCUT2D eigenvalue weighted by atomic mass is 19.2. The van der Waals surface area contributed by atoms with E-state index in [1.807, 2.05) is 0 Å². The quantitative estimate of drug-likeness (QED) is 0.153. The Hall–Kier alpha value is -4.18. The van der Waals surface area contributed by atoms with Crippen LogP contribution in [0, 0.1) is 46.7 Å². The molecule has 0 aliphatic heterocycles. The molecular weight excluding hydrogens is 478 g/mol. The first kappa shape index (κ1) is 24.9. The number of rotatable bonds is 6. The molecule has 0 aromatic heterocycles. The van der Waals surface area contributed by atoms with Crippen LogP contribution in [0.25, 0.3) is 10.8 Å². The van der Waals surface area contributed by atoms with Crippen molar-refractivity contribution >= 4 is 10.8 Å². The maximum Gasteiger partial charge on any atom is 0.166 e. The minimum atomic E-state index is -0.989. The fraction of sp³-hybridized carbons (Fsp3) is 0.103. The Kier molecular flexibility index (Phi) is 7.35. The minimum Gasteiger partial charge on any atom is -0.489 e. The zero-order valence-corrected chi connectivity index (χ0v) is 18.8. The van der Waals surface area contributed by atoms with Crippen molar-refractivity contribution in [3.05, 3.63) is 124 Å². The topological polar surface area (TPSA) is 9.23 Å². The van der Waals surface area contributed by atoms with E-state index in [1.54, 1.807) is 0 Å². The van der Waals surface area contributed by atoms with Gasteiger partial charge in [0.25, 0.3) is 0 Å². The van der Waals surface area contributed by atoms with Gasteiger partial charge in [0.1, 0.15) is 35.6 Å². The number of ether oxygens (including phenoxy) is 1. The summed E-state index contributed by atoms with van der Waals surface area (Å²) in [6.45, 7) is 3.55. The predicted molar refractivity (Wildman–Crippen MR) is 126 cm³/mol. The smallest absolute Gasteiger partial charge is 0.166 e. The Morgan fingerprint density at radius 2 is 1.42 bits per heavy atom. The van der Waals surface area contributed by atoms with Crippen LogP contribution in [0.15, 0.2) is 67.3 Å². The molecule has 0 radical (unpaired) electrons. The summed E-state index contributed by atoms with van der Waals surface area (Å²) >= 11 is 0. The highest BCUT2D eigenvalue weighted by Crippen LogP contribution is 2.24. The van der Waals surface area contributed by atoms with E-state index in [1.165, 1.54) is 30.3 Å². The Morgan fingerprint density at radius 3 is 2.08 bits per heavy atom. The fourth-order valence-corrected chi connectivity index (χ4v) is 3.69. The first-order chi connectivity index (χ1) is 17.3. The van der Waals surface area contributed by atoms with Crippen LogP contribution in [0.2, 0.25) is 0 Å². The molecule has 7 heteroatoms. The van der Waals surface area contributed by atoms with Gasteiger partial charge < -0.3 is 4.74 Å². The third-order valence-electron chi connectivity index (χ3n) is 5.49. The van der Waals surface area contributed by atoms with Crippen molar-refractivity contribution in [2.45, 2.75) is 12.8 Å². The first-order valence-electron chi connectivity index (χ1n) is 10.9. The van der Waals surface area contributed by atoms with Gasteiger partial charge in [-0.1, -0.05) is 36.6 Å². The van der Waals surface area contributed by atoms with Gasteiger partial charge in [-0.25, -0.2) is 26.3 Å². The lowest BCUT2D eigenvalue weighted by Gasteiger charge is -2.09. The molecule has 0 atom stereocenters. The summed E-state index contributed by atoms with van der Waals surface area (Å²) in [5.41, 5.74) is -0.157. The molecule has 4 aromatic rings. The van der Waals surface area contributed by atoms with Crippen LogP contribution in [0.1, 0.15) is 22.3 Å². The third kappa shape index (κ3) is 5.38. The van der Waals surface area contributed by atoms with Crippen molar-refractivity contribution in [3.63, 3.8) is 0 Å². The van der Waals surface area contributed by atoms with Crippen molar-refractivity contribution in [1.29, 1.82) is 0 Å². The average molecular weight is 496 g/mol. The normalized spacial score (nSPS) is 10.7. The van der Waals surface area contributed by atoms with Gasteiger partial charge in [0.05, 0.1) is 5.56 Å². The van der Waals surface area contributed by atoms with Gasteiger partial charge >= 0.3 is 0 Å². The molecule has 0 heterocycles. The van der Waals surface area contributed by atoms with Crippen molar-refractivity contribution in [2.24, 2.45) is 0 Å². The second-order valence-corrected chi connectivity index (χ2v) is 7.95. The molecule has 0 unspecified atom stereocenters. The van der Waals surface area contributed by atoms with Gasteiger partial charge in [0.2, 0.25) is 0 Å². The molecule has 0 N–H and O–H groups in total. The lowest BCUT2D eigenvalue weighted by molar-refractivity contribution is 0.357. The van der Waals surface area contributed by atoms with Gasteiger partial charge in [0, 0.05) is 28.6 Å². The maximum atomic E-state index is 14.6. The summed E-state index contributed by atoms with van der Waals surface area (Å²) < 4.78 is 90.2. The van der Waals surface area contributed by atoms with Crippen LogP contribution in [-0.2, 0) is 12.8 Å². The van der Waals surface area contributed by atoms with Crippen LogP contribution in [0.5, 0.6) is 5.75 Å². The van der Waals surface area contributed by atoms with Crippen molar-refractivity contribution in [1.82, 2.24) is 0 Å². The Bertz CT molecular complexity index is 1480. The lowest BCUT2D eigenvalue weighted by Crippen LogP contribution is -2.03. The zero-order chi connectivity index (χ0) is 25.8. The molecule has 4 rings (SSSR count). The van der Waals surface area contributed by atoms with E-state index in [0.717, 1.165) is 30.3 Å². The Balaban J connectivity index is 1.52. The fourth-order valence-electron chi connectivity index (χ4n) is 3.69. The van der Waals surface area contributed by atoms with E-state index in [9.17, 15) is 26.3 Å². The third-order valence-corrected chi connectivity index (χ3v) is 5.49. The summed E-state index contributed by atoms with van der Waals surface area (Å²) in [5, 5.41) is 0.450. The lowest BCUT2D eigenvalue weighted by atomic mass is 10.0. The Morgan fingerprint density at radius 1 is 0.722 bits per heavy atom. The minimum absolute atomic E-state index is 0.0115. The van der Waals surface area contributed by atoms with Gasteiger partial charge in [-0.15, -0.1) is 0 Å². The predicted octanol–water partition coefficient (Wildman–Crippen LogP) is 7.42. The summed E-state index contributed by atoms with van der Waals surface area (Å²) in [4.78, 5) is 0. The number of hydrogen-bond donors (Lipinski definition) is 0. The summed E-state index contributed by atoms with van der Waals surface area (Å²) in [6.07, 6.45) is 1.29. The molecule has 182 valence electrons. The number of aryl methyl sites for hydroxylation is 1. The summed E-state index contributed by atoms with van der Waals surface area (Å²) in [6, 6.07) is 10.8. The van der Waals surface area contributed by atoms with E-state index < -0.39 is 40.5 Å². The molecule has 1 nitrogen and oxygen atoms in total. The monoisotopic (exact) mass is 496 g/mol. The van der Waals surface area contributed by atoms with Crippen molar-refractivity contribution in [3.8, 4) is 17.6 Å². The zero-order valence-electron chi connectivity index (χ0n) is 18.8. The summed E-state index contributed by atoms with van der Waals surface area (Å²) in [7, 11) is 0. The number of benzene rings is 4. The van der Waals surface area contributed by atoms with Crippen LogP contribution in [0.3, 0.4) is 0 Å². The van der Waals surface area contributed by atoms with Gasteiger partial charge in [0.15, 0.2) is 11.6 Å². The summed E-state index contributed by atoms with van der Waals surface area (Å²) in [5.74, 6) is -0.427. The largest absolute Gasteiger partial charge is 0.489 e. The second kappa shape index (κ2) is 10.6. The maximum absolute atomic E-state index is 14.6. The van der Waals surface area contributed by atoms with Crippen molar-refractivity contribution in [2.75, 3.05) is 6.61 Å². The first-order valence-corrected chi connectivity index (χ1v) is 10.9.